The lowest BCUT2D eigenvalue weighted by Crippen LogP contribution is -2.34. The molecule has 4 aromatic rings. The zero-order valence-electron chi connectivity index (χ0n) is 14.6. The van der Waals surface area contributed by atoms with Gasteiger partial charge in [-0.1, -0.05) is 36.1 Å². The molecular weight excluding hydrogens is 387 g/mol. The van der Waals surface area contributed by atoms with E-state index in [1.165, 1.54) is 0 Å². The molecule has 1 aromatic heterocycles. The van der Waals surface area contributed by atoms with E-state index in [-0.39, 0.29) is 0 Å². The van der Waals surface area contributed by atoms with Crippen LogP contribution in [-0.4, -0.2) is 9.97 Å². The molecule has 0 radical (unpaired) electrons. The standard InChI is InChI=1S/C22H13N2O2PS/c28-27-20-7-3-1-5-16(20)25-18-11-14(15-13-23-9-10-24-15)12-19(22(18)27)26-17-6-2-4-8-21(17)27/h1-13H. The fourth-order valence-electron chi connectivity index (χ4n) is 3.86. The third kappa shape index (κ3) is 2.09. The van der Waals surface area contributed by atoms with Crippen molar-refractivity contribution in [2.45, 2.75) is 0 Å². The summed E-state index contributed by atoms with van der Waals surface area (Å²) in [5.41, 5.74) is 1.65. The molecule has 0 amide bonds. The van der Waals surface area contributed by atoms with Gasteiger partial charge in [-0.05, 0) is 36.4 Å². The molecule has 0 N–H and O–H groups in total. The van der Waals surface area contributed by atoms with Gasteiger partial charge in [0.05, 0.1) is 23.2 Å². The van der Waals surface area contributed by atoms with Gasteiger partial charge < -0.3 is 9.47 Å². The Kier molecular flexibility index (Phi) is 3.28. The Hall–Kier alpha value is -3.01. The molecule has 0 saturated heterocycles. The summed E-state index contributed by atoms with van der Waals surface area (Å²) < 4.78 is 12.6. The van der Waals surface area contributed by atoms with E-state index in [0.29, 0.717) is 0 Å². The maximum Gasteiger partial charge on any atom is 0.140 e. The van der Waals surface area contributed by atoms with Crippen molar-refractivity contribution in [2.75, 3.05) is 0 Å². The summed E-state index contributed by atoms with van der Waals surface area (Å²) >= 11 is 6.44. The van der Waals surface area contributed by atoms with Crippen LogP contribution in [-0.2, 0) is 11.8 Å². The van der Waals surface area contributed by atoms with Gasteiger partial charge in [0.15, 0.2) is 0 Å². The average Bonchev–Trinajstić information content (AvgIpc) is 2.74. The molecule has 6 rings (SSSR count). The second-order valence-electron chi connectivity index (χ2n) is 6.66. The summed E-state index contributed by atoms with van der Waals surface area (Å²) in [6.45, 7) is 0. The number of nitrogens with zero attached hydrogens (tertiary/aromatic N) is 2. The van der Waals surface area contributed by atoms with Crippen molar-refractivity contribution in [2.24, 2.45) is 0 Å². The van der Waals surface area contributed by atoms with Gasteiger partial charge in [0.25, 0.3) is 0 Å². The first kappa shape index (κ1) is 16.0. The number of fused-ring (bicyclic) bond motifs is 4. The molecule has 0 atom stereocenters. The molecule has 0 unspecified atom stereocenters. The van der Waals surface area contributed by atoms with Crippen molar-refractivity contribution in [3.63, 3.8) is 0 Å². The molecule has 134 valence electrons. The summed E-state index contributed by atoms with van der Waals surface area (Å²) in [6.07, 6.45) is 5.07. The van der Waals surface area contributed by atoms with Crippen LogP contribution in [0.15, 0.2) is 79.3 Å². The Labute approximate surface area is 166 Å². The highest BCUT2D eigenvalue weighted by atomic mass is 32.4. The Balaban J connectivity index is 1.70. The fraction of sp³-hybridized carbons (Fsp3) is 0. The minimum absolute atomic E-state index is 0.745. The number of hydrogen-bond acceptors (Lipinski definition) is 5. The summed E-state index contributed by atoms with van der Waals surface area (Å²) in [6, 6.07) is 17.9. The van der Waals surface area contributed by atoms with Gasteiger partial charge in [0.1, 0.15) is 23.0 Å². The van der Waals surface area contributed by atoms with E-state index < -0.39 is 6.04 Å². The van der Waals surface area contributed by atoms with Crippen LogP contribution in [0, 0.1) is 0 Å². The van der Waals surface area contributed by atoms with Crippen molar-refractivity contribution >= 4 is 33.8 Å². The van der Waals surface area contributed by atoms with Crippen LogP contribution in [0.3, 0.4) is 0 Å². The quantitative estimate of drug-likeness (QED) is 0.389. The highest BCUT2D eigenvalue weighted by Crippen LogP contribution is 2.58. The van der Waals surface area contributed by atoms with E-state index in [4.69, 9.17) is 21.3 Å². The lowest BCUT2D eigenvalue weighted by atomic mass is 10.1. The minimum atomic E-state index is -2.28. The first-order valence-electron chi connectivity index (χ1n) is 8.85. The van der Waals surface area contributed by atoms with E-state index in [1.54, 1.807) is 18.6 Å². The summed E-state index contributed by atoms with van der Waals surface area (Å²) in [5.74, 6) is 3.12. The van der Waals surface area contributed by atoms with Crippen molar-refractivity contribution in [1.29, 1.82) is 0 Å². The number of rotatable bonds is 1. The molecule has 0 fully saturated rings. The number of aromatic nitrogens is 2. The summed E-state index contributed by atoms with van der Waals surface area (Å²) in [4.78, 5) is 8.61. The molecule has 0 bridgehead atoms. The van der Waals surface area contributed by atoms with Crippen LogP contribution in [0.2, 0.25) is 0 Å². The van der Waals surface area contributed by atoms with Crippen LogP contribution >= 0.6 is 6.04 Å². The van der Waals surface area contributed by atoms with Crippen LogP contribution in [0.5, 0.6) is 23.0 Å². The number of benzene rings is 3. The van der Waals surface area contributed by atoms with E-state index >= 15 is 0 Å². The molecule has 2 aliphatic rings. The highest BCUT2D eigenvalue weighted by molar-refractivity contribution is 8.26. The highest BCUT2D eigenvalue weighted by Gasteiger charge is 2.42. The fourth-order valence-corrected chi connectivity index (χ4v) is 8.34. The Morgan fingerprint density at radius 3 is 1.93 bits per heavy atom. The maximum atomic E-state index is 6.44. The van der Waals surface area contributed by atoms with Crippen molar-refractivity contribution in [1.82, 2.24) is 9.97 Å². The molecule has 28 heavy (non-hydrogen) atoms. The lowest BCUT2D eigenvalue weighted by Gasteiger charge is -2.37. The van der Waals surface area contributed by atoms with Crippen molar-refractivity contribution < 1.29 is 9.47 Å². The molecule has 6 heteroatoms. The predicted molar refractivity (Wildman–Crippen MR) is 114 cm³/mol. The van der Waals surface area contributed by atoms with Crippen LogP contribution in [0.25, 0.3) is 11.3 Å². The van der Waals surface area contributed by atoms with Gasteiger partial charge in [-0.25, -0.2) is 0 Å². The average molecular weight is 400 g/mol. The molecular formula is C22H13N2O2PS. The molecule has 0 aliphatic carbocycles. The molecule has 2 aliphatic heterocycles. The van der Waals surface area contributed by atoms with Gasteiger partial charge in [0.2, 0.25) is 0 Å². The molecule has 3 aromatic carbocycles. The maximum absolute atomic E-state index is 6.44. The third-order valence-electron chi connectivity index (χ3n) is 5.06. The van der Waals surface area contributed by atoms with Gasteiger partial charge in [-0.3, -0.25) is 9.97 Å². The van der Waals surface area contributed by atoms with E-state index in [9.17, 15) is 0 Å². The number of ether oxygens (including phenoxy) is 2. The monoisotopic (exact) mass is 400 g/mol. The minimum Gasteiger partial charge on any atom is -0.456 e. The van der Waals surface area contributed by atoms with Crippen molar-refractivity contribution in [3.05, 3.63) is 79.3 Å². The Morgan fingerprint density at radius 2 is 1.36 bits per heavy atom. The van der Waals surface area contributed by atoms with Crippen LogP contribution in [0.1, 0.15) is 0 Å². The predicted octanol–water partition coefficient (Wildman–Crippen LogP) is 4.11. The van der Waals surface area contributed by atoms with E-state index in [2.05, 4.69) is 22.1 Å². The molecule has 0 saturated carbocycles. The lowest BCUT2D eigenvalue weighted by molar-refractivity contribution is 0.467. The topological polar surface area (TPSA) is 44.2 Å². The number of para-hydroxylation sites is 2. The largest absolute Gasteiger partial charge is 0.456 e. The SMILES string of the molecule is S=P12c3ccccc3Oc3cc(-c4cnccn4)cc(c31)Oc1ccccc12. The second kappa shape index (κ2) is 5.74. The number of hydrogen-bond donors (Lipinski definition) is 0. The first-order chi connectivity index (χ1) is 13.7. The normalized spacial score (nSPS) is 14.7. The zero-order chi connectivity index (χ0) is 18.7. The third-order valence-corrected chi connectivity index (χ3v) is 9.96. The summed E-state index contributed by atoms with van der Waals surface area (Å²) in [7, 11) is 0. The van der Waals surface area contributed by atoms with Gasteiger partial charge in [0, 0.05) is 28.6 Å². The molecule has 3 heterocycles. The Bertz CT molecular complexity index is 1230. The van der Waals surface area contributed by atoms with Crippen LogP contribution in [0.4, 0.5) is 0 Å². The smallest absolute Gasteiger partial charge is 0.140 e. The van der Waals surface area contributed by atoms with Gasteiger partial charge in [-0.2, -0.15) is 0 Å². The first-order valence-corrected chi connectivity index (χ1v) is 11.7. The van der Waals surface area contributed by atoms with Gasteiger partial charge in [-0.15, -0.1) is 0 Å². The van der Waals surface area contributed by atoms with Crippen molar-refractivity contribution in [3.8, 4) is 34.3 Å². The van der Waals surface area contributed by atoms with E-state index in [0.717, 1.165) is 50.2 Å². The van der Waals surface area contributed by atoms with Gasteiger partial charge >= 0.3 is 0 Å². The van der Waals surface area contributed by atoms with E-state index in [1.807, 2.05) is 48.5 Å². The zero-order valence-corrected chi connectivity index (χ0v) is 16.3. The van der Waals surface area contributed by atoms with Crippen LogP contribution < -0.4 is 25.4 Å². The Morgan fingerprint density at radius 1 is 0.750 bits per heavy atom. The molecule has 0 spiro atoms. The summed E-state index contributed by atoms with van der Waals surface area (Å²) in [5, 5.41) is 3.12. The molecule has 4 nitrogen and oxygen atoms in total. The second-order valence-corrected chi connectivity index (χ2v) is 10.9.